The fraction of sp³-hybridized carbons (Fsp3) is 0.182. The molecule has 0 unspecified atom stereocenters. The maximum atomic E-state index is 12.0. The summed E-state index contributed by atoms with van der Waals surface area (Å²) in [5, 5.41) is 6.36. The zero-order chi connectivity index (χ0) is 13.2. The number of H-pyrrole nitrogens is 1. The zero-order valence-electron chi connectivity index (χ0n) is 9.84. The van der Waals surface area contributed by atoms with Crippen LogP contribution in [0.4, 0.5) is 5.69 Å². The van der Waals surface area contributed by atoms with E-state index in [2.05, 4.69) is 14.9 Å². The second-order valence-electron chi connectivity index (χ2n) is 3.97. The van der Waals surface area contributed by atoms with Crippen molar-refractivity contribution in [2.24, 2.45) is 0 Å². The monoisotopic (exact) mass is 266 g/mol. The van der Waals surface area contributed by atoms with Crippen molar-refractivity contribution in [3.8, 4) is 0 Å². The number of nitrogens with one attached hydrogen (secondary N) is 2. The zero-order valence-corrected chi connectivity index (χ0v) is 10.7. The molecule has 0 amide bonds. The van der Waals surface area contributed by atoms with E-state index >= 15 is 0 Å². The molecule has 6 nitrogen and oxygen atoms in total. The second-order valence-corrected chi connectivity index (χ2v) is 5.71. The molecule has 0 spiro atoms. The van der Waals surface area contributed by atoms with Gasteiger partial charge in [0.15, 0.2) is 0 Å². The maximum absolute atomic E-state index is 12.0. The summed E-state index contributed by atoms with van der Waals surface area (Å²) in [5.74, 6) is 0. The Morgan fingerprint density at radius 3 is 2.83 bits per heavy atom. The number of hydrogen-bond donors (Lipinski definition) is 3. The fourth-order valence-corrected chi connectivity index (χ4v) is 2.67. The van der Waals surface area contributed by atoms with Gasteiger partial charge in [-0.25, -0.2) is 13.1 Å². The highest BCUT2D eigenvalue weighted by Crippen LogP contribution is 2.19. The van der Waals surface area contributed by atoms with E-state index in [9.17, 15) is 8.42 Å². The maximum Gasteiger partial charge on any atom is 0.242 e. The Morgan fingerprint density at radius 2 is 2.22 bits per heavy atom. The summed E-state index contributed by atoms with van der Waals surface area (Å²) in [7, 11) is -3.60. The number of rotatable bonds is 4. The summed E-state index contributed by atoms with van der Waals surface area (Å²) < 4.78 is 26.5. The first-order valence-corrected chi connectivity index (χ1v) is 6.81. The van der Waals surface area contributed by atoms with E-state index in [0.717, 1.165) is 11.1 Å². The number of benzene rings is 1. The summed E-state index contributed by atoms with van der Waals surface area (Å²) in [6.45, 7) is 2.03. The molecular weight excluding hydrogens is 252 g/mol. The van der Waals surface area contributed by atoms with E-state index in [4.69, 9.17) is 5.73 Å². The molecule has 2 aromatic rings. The normalized spacial score (nSPS) is 11.6. The number of nitrogens with zero attached hydrogens (tertiary/aromatic N) is 1. The van der Waals surface area contributed by atoms with Gasteiger partial charge in [-0.3, -0.25) is 5.10 Å². The third-order valence-corrected chi connectivity index (χ3v) is 3.95. The van der Waals surface area contributed by atoms with Crippen LogP contribution >= 0.6 is 0 Å². The fourth-order valence-electron chi connectivity index (χ4n) is 1.54. The lowest BCUT2D eigenvalue weighted by Gasteiger charge is -2.08. The molecule has 0 atom stereocenters. The van der Waals surface area contributed by atoms with Gasteiger partial charge in [-0.1, -0.05) is 6.07 Å². The average molecular weight is 266 g/mol. The van der Waals surface area contributed by atoms with Crippen LogP contribution in [0.5, 0.6) is 0 Å². The lowest BCUT2D eigenvalue weighted by molar-refractivity contribution is 0.582. The van der Waals surface area contributed by atoms with Crippen molar-refractivity contribution in [1.29, 1.82) is 0 Å². The quantitative estimate of drug-likeness (QED) is 0.712. The Morgan fingerprint density at radius 1 is 1.44 bits per heavy atom. The molecule has 1 aromatic heterocycles. The minimum atomic E-state index is -3.60. The van der Waals surface area contributed by atoms with Crippen LogP contribution in [0.15, 0.2) is 35.5 Å². The van der Waals surface area contributed by atoms with Crippen molar-refractivity contribution in [1.82, 2.24) is 14.9 Å². The highest BCUT2D eigenvalue weighted by molar-refractivity contribution is 7.89. The molecule has 4 N–H and O–H groups in total. The first-order valence-electron chi connectivity index (χ1n) is 5.32. The second kappa shape index (κ2) is 4.79. The summed E-state index contributed by atoms with van der Waals surface area (Å²) in [5.41, 5.74) is 7.64. The van der Waals surface area contributed by atoms with Crippen LogP contribution < -0.4 is 10.5 Å². The number of nitrogen functional groups attached to an aromatic ring is 1. The van der Waals surface area contributed by atoms with Crippen LogP contribution in [0.3, 0.4) is 0 Å². The molecular formula is C11H14N4O2S. The van der Waals surface area contributed by atoms with Gasteiger partial charge in [0.1, 0.15) is 4.90 Å². The molecule has 0 radical (unpaired) electrons. The molecule has 0 saturated carbocycles. The average Bonchev–Trinajstić information content (AvgIpc) is 2.78. The minimum absolute atomic E-state index is 0.0941. The third-order valence-electron chi connectivity index (χ3n) is 2.48. The van der Waals surface area contributed by atoms with E-state index in [1.807, 2.05) is 6.92 Å². The van der Waals surface area contributed by atoms with Gasteiger partial charge in [0.2, 0.25) is 10.0 Å². The van der Waals surface area contributed by atoms with E-state index in [0.29, 0.717) is 0 Å². The third kappa shape index (κ3) is 2.69. The SMILES string of the molecule is Cc1ccc(S(=O)(=O)NCc2cn[nH]c2)c(N)c1. The van der Waals surface area contributed by atoms with Crippen molar-refractivity contribution >= 4 is 15.7 Å². The Labute approximate surface area is 105 Å². The lowest BCUT2D eigenvalue weighted by Crippen LogP contribution is -2.24. The molecule has 1 aromatic carbocycles. The molecule has 18 heavy (non-hydrogen) atoms. The van der Waals surface area contributed by atoms with Crippen LogP contribution in [0.1, 0.15) is 11.1 Å². The van der Waals surface area contributed by atoms with Gasteiger partial charge < -0.3 is 5.73 Å². The first-order chi connectivity index (χ1) is 8.49. The van der Waals surface area contributed by atoms with Gasteiger partial charge in [0, 0.05) is 18.3 Å². The highest BCUT2D eigenvalue weighted by Gasteiger charge is 2.17. The topological polar surface area (TPSA) is 101 Å². The van der Waals surface area contributed by atoms with Gasteiger partial charge in [0.05, 0.1) is 11.9 Å². The molecule has 0 bridgehead atoms. The molecule has 0 saturated heterocycles. The Kier molecular flexibility index (Phi) is 3.35. The van der Waals surface area contributed by atoms with E-state index in [1.165, 1.54) is 6.07 Å². The molecule has 0 aliphatic carbocycles. The van der Waals surface area contributed by atoms with E-state index in [-0.39, 0.29) is 17.1 Å². The van der Waals surface area contributed by atoms with Crippen LogP contribution in [0.25, 0.3) is 0 Å². The molecule has 0 fully saturated rings. The smallest absolute Gasteiger partial charge is 0.242 e. The van der Waals surface area contributed by atoms with Crippen LogP contribution in [-0.2, 0) is 16.6 Å². The van der Waals surface area contributed by atoms with E-state index < -0.39 is 10.0 Å². The van der Waals surface area contributed by atoms with Gasteiger partial charge in [0.25, 0.3) is 0 Å². The number of hydrogen-bond acceptors (Lipinski definition) is 4. The Bertz CT molecular complexity index is 635. The van der Waals surface area contributed by atoms with Crippen LogP contribution in [-0.4, -0.2) is 18.6 Å². The van der Waals surface area contributed by atoms with Crippen molar-refractivity contribution in [2.45, 2.75) is 18.4 Å². The Balaban J connectivity index is 2.20. The predicted octanol–water partition coefficient (Wildman–Crippen LogP) is 0.779. The predicted molar refractivity (Wildman–Crippen MR) is 68.2 cm³/mol. The summed E-state index contributed by atoms with van der Waals surface area (Å²) in [6, 6.07) is 4.84. The van der Waals surface area contributed by atoms with Crippen molar-refractivity contribution in [2.75, 3.05) is 5.73 Å². The number of aromatic amines is 1. The van der Waals surface area contributed by atoms with Crippen molar-refractivity contribution in [3.63, 3.8) is 0 Å². The molecule has 1 heterocycles. The van der Waals surface area contributed by atoms with Gasteiger partial charge in [-0.2, -0.15) is 5.10 Å². The number of anilines is 1. The molecule has 96 valence electrons. The number of sulfonamides is 1. The number of nitrogens with two attached hydrogens (primary N) is 1. The lowest BCUT2D eigenvalue weighted by atomic mass is 10.2. The van der Waals surface area contributed by atoms with Crippen molar-refractivity contribution in [3.05, 3.63) is 41.7 Å². The molecule has 7 heteroatoms. The van der Waals surface area contributed by atoms with Gasteiger partial charge in [-0.05, 0) is 24.6 Å². The molecule has 0 aliphatic heterocycles. The highest BCUT2D eigenvalue weighted by atomic mass is 32.2. The largest absolute Gasteiger partial charge is 0.398 e. The number of aromatic nitrogens is 2. The van der Waals surface area contributed by atoms with E-state index in [1.54, 1.807) is 24.5 Å². The summed E-state index contributed by atoms with van der Waals surface area (Å²) in [6.07, 6.45) is 3.18. The minimum Gasteiger partial charge on any atom is -0.398 e. The summed E-state index contributed by atoms with van der Waals surface area (Å²) >= 11 is 0. The van der Waals surface area contributed by atoms with Gasteiger partial charge in [-0.15, -0.1) is 0 Å². The molecule has 2 rings (SSSR count). The standard InChI is InChI=1S/C11H14N4O2S/c1-8-2-3-11(10(12)4-8)18(16,17)15-7-9-5-13-14-6-9/h2-6,15H,7,12H2,1H3,(H,13,14). The van der Waals surface area contributed by atoms with Crippen LogP contribution in [0.2, 0.25) is 0 Å². The van der Waals surface area contributed by atoms with Gasteiger partial charge >= 0.3 is 0 Å². The summed E-state index contributed by atoms with van der Waals surface area (Å²) in [4.78, 5) is 0.0941. The Hall–Kier alpha value is -1.86. The molecule has 0 aliphatic rings. The van der Waals surface area contributed by atoms with Crippen molar-refractivity contribution < 1.29 is 8.42 Å². The first kappa shape index (κ1) is 12.6. The number of aryl methyl sites for hydroxylation is 1. The van der Waals surface area contributed by atoms with Crippen LogP contribution in [0, 0.1) is 6.92 Å².